The Morgan fingerprint density at radius 2 is 1.97 bits per heavy atom. The zero-order chi connectivity index (χ0) is 20.3. The molecule has 1 unspecified atom stereocenters. The first kappa shape index (κ1) is 20.0. The molecule has 0 radical (unpaired) electrons. The minimum atomic E-state index is -3.67. The zero-order valence-corrected chi connectivity index (χ0v) is 17.1. The quantitative estimate of drug-likeness (QED) is 0.811. The van der Waals surface area contributed by atoms with Gasteiger partial charge in [0, 0.05) is 31.7 Å². The van der Waals surface area contributed by atoms with Gasteiger partial charge in [0.15, 0.2) is 0 Å². The molecule has 7 nitrogen and oxygen atoms in total. The number of sulfonamides is 1. The molecule has 0 aromatic carbocycles. The number of pyridine rings is 2. The molecule has 1 aliphatic heterocycles. The van der Waals surface area contributed by atoms with E-state index in [9.17, 15) is 13.2 Å². The highest BCUT2D eigenvalue weighted by Gasteiger charge is 2.53. The molecule has 2 aromatic heterocycles. The van der Waals surface area contributed by atoms with E-state index in [4.69, 9.17) is 0 Å². The van der Waals surface area contributed by atoms with Crippen LogP contribution >= 0.6 is 0 Å². The van der Waals surface area contributed by atoms with Crippen LogP contribution in [0.3, 0.4) is 0 Å². The van der Waals surface area contributed by atoms with E-state index < -0.39 is 10.0 Å². The Morgan fingerprint density at radius 3 is 2.66 bits per heavy atom. The highest BCUT2D eigenvalue weighted by Crippen LogP contribution is 2.48. The maximum absolute atomic E-state index is 13.2. The predicted octanol–water partition coefficient (Wildman–Crippen LogP) is 2.36. The Balaban J connectivity index is 1.55. The van der Waals surface area contributed by atoms with Gasteiger partial charge in [-0.25, -0.2) is 8.42 Å². The number of aromatic nitrogens is 2. The summed E-state index contributed by atoms with van der Waals surface area (Å²) in [4.78, 5) is 21.5. The molecule has 2 aromatic rings. The fourth-order valence-corrected chi connectivity index (χ4v) is 6.20. The molecule has 1 amide bonds. The van der Waals surface area contributed by atoms with Gasteiger partial charge in [0.2, 0.25) is 15.9 Å². The summed E-state index contributed by atoms with van der Waals surface area (Å²) >= 11 is 0. The monoisotopic (exact) mass is 414 g/mol. The molecule has 1 N–H and O–H groups in total. The van der Waals surface area contributed by atoms with E-state index in [1.807, 2.05) is 18.2 Å². The molecular weight excluding hydrogens is 388 g/mol. The highest BCUT2D eigenvalue weighted by molar-refractivity contribution is 7.89. The molecule has 2 fully saturated rings. The fraction of sp³-hybridized carbons (Fsp3) is 0.476. The van der Waals surface area contributed by atoms with Crippen LogP contribution in [0.25, 0.3) is 0 Å². The van der Waals surface area contributed by atoms with Gasteiger partial charge in [-0.1, -0.05) is 25.3 Å². The standard InChI is InChI=1S/C21H26N4O3S/c26-20(24-13-17-7-2-5-12-23-17)19-15-25(16-21(19)9-3-1-4-10-21)29(27,28)18-8-6-11-22-14-18/h2,5-8,11-12,14,19H,1,3-4,9-10,13,15-16H2,(H,24,26). The van der Waals surface area contributed by atoms with Gasteiger partial charge in [0.1, 0.15) is 4.90 Å². The number of hydrogen-bond acceptors (Lipinski definition) is 5. The number of carbonyl (C=O) groups is 1. The van der Waals surface area contributed by atoms with Crippen LogP contribution in [0.4, 0.5) is 0 Å². The van der Waals surface area contributed by atoms with E-state index in [2.05, 4.69) is 15.3 Å². The van der Waals surface area contributed by atoms with Gasteiger partial charge in [0.25, 0.3) is 0 Å². The lowest BCUT2D eigenvalue weighted by Crippen LogP contribution is -2.42. The first-order valence-electron chi connectivity index (χ1n) is 10.1. The Labute approximate surface area is 171 Å². The Morgan fingerprint density at radius 1 is 1.14 bits per heavy atom. The fourth-order valence-electron chi connectivity index (χ4n) is 4.68. The van der Waals surface area contributed by atoms with Crippen LogP contribution in [0.5, 0.6) is 0 Å². The molecule has 1 atom stereocenters. The SMILES string of the molecule is O=C(NCc1ccccn1)C1CN(S(=O)(=O)c2cccnc2)CC12CCCCC2. The molecule has 0 bridgehead atoms. The lowest BCUT2D eigenvalue weighted by molar-refractivity contribution is -0.128. The van der Waals surface area contributed by atoms with Gasteiger partial charge in [-0.3, -0.25) is 14.8 Å². The van der Waals surface area contributed by atoms with Crippen LogP contribution in [0.2, 0.25) is 0 Å². The van der Waals surface area contributed by atoms with Gasteiger partial charge in [0.05, 0.1) is 18.2 Å². The van der Waals surface area contributed by atoms with Crippen molar-refractivity contribution in [2.24, 2.45) is 11.3 Å². The summed E-state index contributed by atoms with van der Waals surface area (Å²) in [5, 5.41) is 2.99. The zero-order valence-electron chi connectivity index (χ0n) is 16.3. The lowest BCUT2D eigenvalue weighted by Gasteiger charge is -2.37. The van der Waals surface area contributed by atoms with Crippen LogP contribution in [0.1, 0.15) is 37.8 Å². The smallest absolute Gasteiger partial charge is 0.244 e. The normalized spacial score (nSPS) is 21.9. The van der Waals surface area contributed by atoms with Crippen LogP contribution in [-0.4, -0.2) is 41.7 Å². The predicted molar refractivity (Wildman–Crippen MR) is 108 cm³/mol. The third kappa shape index (κ3) is 4.04. The van der Waals surface area contributed by atoms with Crippen molar-refractivity contribution in [2.75, 3.05) is 13.1 Å². The lowest BCUT2D eigenvalue weighted by atomic mass is 9.67. The molecule has 1 spiro atoms. The van der Waals surface area contributed by atoms with Crippen molar-refractivity contribution in [1.82, 2.24) is 19.6 Å². The first-order valence-corrected chi connectivity index (χ1v) is 11.5. The van der Waals surface area contributed by atoms with Crippen molar-refractivity contribution in [1.29, 1.82) is 0 Å². The van der Waals surface area contributed by atoms with E-state index in [0.717, 1.165) is 37.8 Å². The van der Waals surface area contributed by atoms with E-state index in [1.54, 1.807) is 24.5 Å². The highest BCUT2D eigenvalue weighted by atomic mass is 32.2. The summed E-state index contributed by atoms with van der Waals surface area (Å²) < 4.78 is 27.8. The number of nitrogens with zero attached hydrogens (tertiary/aromatic N) is 3. The van der Waals surface area contributed by atoms with Crippen LogP contribution in [0.15, 0.2) is 53.8 Å². The van der Waals surface area contributed by atoms with Gasteiger partial charge in [-0.05, 0) is 42.5 Å². The maximum atomic E-state index is 13.2. The summed E-state index contributed by atoms with van der Waals surface area (Å²) in [6.45, 7) is 0.957. The molecule has 29 heavy (non-hydrogen) atoms. The van der Waals surface area contributed by atoms with Gasteiger partial charge in [-0.15, -0.1) is 0 Å². The summed E-state index contributed by atoms with van der Waals surface area (Å²) in [5.74, 6) is -0.431. The number of nitrogens with one attached hydrogen (secondary N) is 1. The summed E-state index contributed by atoms with van der Waals surface area (Å²) in [5.41, 5.74) is 0.498. The minimum Gasteiger partial charge on any atom is -0.350 e. The van der Waals surface area contributed by atoms with Gasteiger partial charge < -0.3 is 5.32 Å². The van der Waals surface area contributed by atoms with Crippen LogP contribution < -0.4 is 5.32 Å². The second-order valence-corrected chi connectivity index (χ2v) is 9.94. The molecule has 4 rings (SSSR count). The third-order valence-corrected chi connectivity index (χ3v) is 8.02. The largest absolute Gasteiger partial charge is 0.350 e. The average molecular weight is 415 g/mol. The van der Waals surface area contributed by atoms with Crippen molar-refractivity contribution in [3.8, 4) is 0 Å². The molecule has 1 aliphatic carbocycles. The molecule has 154 valence electrons. The topological polar surface area (TPSA) is 92.3 Å². The second kappa shape index (κ2) is 8.20. The van der Waals surface area contributed by atoms with Crippen molar-refractivity contribution < 1.29 is 13.2 Å². The second-order valence-electron chi connectivity index (χ2n) is 8.00. The maximum Gasteiger partial charge on any atom is 0.244 e. The van der Waals surface area contributed by atoms with E-state index in [0.29, 0.717) is 13.1 Å². The van der Waals surface area contributed by atoms with Gasteiger partial charge >= 0.3 is 0 Å². The van der Waals surface area contributed by atoms with E-state index >= 15 is 0 Å². The van der Waals surface area contributed by atoms with Gasteiger partial charge in [-0.2, -0.15) is 4.31 Å². The molecular formula is C21H26N4O3S. The molecule has 3 heterocycles. The van der Waals surface area contributed by atoms with E-state index in [-0.39, 0.29) is 28.7 Å². The van der Waals surface area contributed by atoms with E-state index in [1.165, 1.54) is 10.5 Å². The van der Waals surface area contributed by atoms with Crippen LogP contribution in [-0.2, 0) is 21.4 Å². The number of amides is 1. The van der Waals surface area contributed by atoms with Crippen LogP contribution in [0, 0.1) is 11.3 Å². The summed E-state index contributed by atoms with van der Waals surface area (Å²) in [6, 6.07) is 8.76. The Kier molecular flexibility index (Phi) is 5.65. The average Bonchev–Trinajstić information content (AvgIpc) is 3.13. The summed E-state index contributed by atoms with van der Waals surface area (Å²) in [7, 11) is -3.67. The summed E-state index contributed by atoms with van der Waals surface area (Å²) in [6.07, 6.45) is 9.59. The molecule has 8 heteroatoms. The number of carbonyl (C=O) groups excluding carboxylic acids is 1. The number of rotatable bonds is 5. The first-order chi connectivity index (χ1) is 14.0. The molecule has 1 saturated carbocycles. The van der Waals surface area contributed by atoms with Crippen molar-refractivity contribution in [3.63, 3.8) is 0 Å². The molecule has 1 saturated heterocycles. The minimum absolute atomic E-state index is 0.0820. The van der Waals surface area contributed by atoms with Crippen molar-refractivity contribution in [2.45, 2.75) is 43.5 Å². The molecule has 2 aliphatic rings. The Bertz CT molecular complexity index is 944. The third-order valence-electron chi connectivity index (χ3n) is 6.22. The van der Waals surface area contributed by atoms with Crippen molar-refractivity contribution >= 4 is 15.9 Å². The number of hydrogen-bond donors (Lipinski definition) is 1. The van der Waals surface area contributed by atoms with Crippen molar-refractivity contribution in [3.05, 3.63) is 54.6 Å². The Hall–Kier alpha value is -2.32.